The van der Waals surface area contributed by atoms with Gasteiger partial charge in [0.25, 0.3) is 5.56 Å². The Bertz CT molecular complexity index is 620. The molecule has 0 aliphatic heterocycles. The van der Waals surface area contributed by atoms with Crippen LogP contribution in [0.4, 0.5) is 8.78 Å². The SMILES string of the molecule is O=c1ccnc(C=Cc2ccc(F)cc2F)[nH]1. The monoisotopic (exact) mass is 234 g/mol. The molecule has 2 rings (SSSR count). The molecule has 1 N–H and O–H groups in total. The molecule has 0 atom stereocenters. The second kappa shape index (κ2) is 4.69. The van der Waals surface area contributed by atoms with Gasteiger partial charge in [-0.15, -0.1) is 0 Å². The summed E-state index contributed by atoms with van der Waals surface area (Å²) in [4.78, 5) is 17.3. The van der Waals surface area contributed by atoms with Crippen LogP contribution >= 0.6 is 0 Å². The van der Waals surface area contributed by atoms with Crippen LogP contribution in [0.25, 0.3) is 12.2 Å². The Morgan fingerprint density at radius 3 is 2.71 bits per heavy atom. The number of nitrogens with one attached hydrogen (secondary N) is 1. The molecule has 1 aromatic carbocycles. The van der Waals surface area contributed by atoms with E-state index in [-0.39, 0.29) is 11.1 Å². The first-order valence-corrected chi connectivity index (χ1v) is 4.83. The summed E-state index contributed by atoms with van der Waals surface area (Å²) in [5, 5.41) is 0. The second-order valence-corrected chi connectivity index (χ2v) is 3.32. The summed E-state index contributed by atoms with van der Waals surface area (Å²) in [6.07, 6.45) is 4.20. The molecule has 2 aromatic rings. The molecular formula is C12H8F2N2O. The summed E-state index contributed by atoms with van der Waals surface area (Å²) in [7, 11) is 0. The highest BCUT2D eigenvalue weighted by Crippen LogP contribution is 2.11. The van der Waals surface area contributed by atoms with Crippen LogP contribution in [0.5, 0.6) is 0 Å². The summed E-state index contributed by atoms with van der Waals surface area (Å²) in [5.41, 5.74) is -0.0721. The van der Waals surface area contributed by atoms with Crippen molar-refractivity contribution >= 4 is 12.2 Å². The van der Waals surface area contributed by atoms with Crippen molar-refractivity contribution in [1.82, 2.24) is 9.97 Å². The lowest BCUT2D eigenvalue weighted by molar-refractivity contribution is 0.581. The van der Waals surface area contributed by atoms with Crippen molar-refractivity contribution in [3.63, 3.8) is 0 Å². The third-order valence-electron chi connectivity index (χ3n) is 2.07. The smallest absolute Gasteiger partial charge is 0.251 e. The second-order valence-electron chi connectivity index (χ2n) is 3.32. The van der Waals surface area contributed by atoms with Crippen LogP contribution in [0, 0.1) is 11.6 Å². The molecule has 0 radical (unpaired) electrons. The molecule has 0 saturated carbocycles. The van der Waals surface area contributed by atoms with Crippen molar-refractivity contribution in [3.05, 3.63) is 63.8 Å². The van der Waals surface area contributed by atoms with Crippen molar-refractivity contribution < 1.29 is 8.78 Å². The maximum absolute atomic E-state index is 13.2. The highest BCUT2D eigenvalue weighted by atomic mass is 19.1. The van der Waals surface area contributed by atoms with Gasteiger partial charge in [-0.1, -0.05) is 0 Å². The third-order valence-corrected chi connectivity index (χ3v) is 2.07. The molecule has 0 spiro atoms. The number of hydrogen-bond acceptors (Lipinski definition) is 2. The molecule has 17 heavy (non-hydrogen) atoms. The van der Waals surface area contributed by atoms with Gasteiger partial charge < -0.3 is 4.98 Å². The van der Waals surface area contributed by atoms with E-state index < -0.39 is 11.6 Å². The summed E-state index contributed by atoms with van der Waals surface area (Å²) < 4.78 is 25.9. The quantitative estimate of drug-likeness (QED) is 0.865. The fraction of sp³-hybridized carbons (Fsp3) is 0. The average molecular weight is 234 g/mol. The Kier molecular flexibility index (Phi) is 3.09. The molecule has 0 unspecified atom stereocenters. The molecule has 0 amide bonds. The fourth-order valence-corrected chi connectivity index (χ4v) is 1.28. The molecule has 0 fully saturated rings. The molecule has 0 aliphatic carbocycles. The topological polar surface area (TPSA) is 45.8 Å². The standard InChI is InChI=1S/C12H8F2N2O/c13-9-3-1-8(10(14)7-9)2-4-11-15-6-5-12(17)16-11/h1-7H,(H,15,16,17). The lowest BCUT2D eigenvalue weighted by Gasteiger charge is -1.96. The minimum Gasteiger partial charge on any atom is -0.307 e. The molecule has 0 saturated heterocycles. The highest BCUT2D eigenvalue weighted by Gasteiger charge is 2.00. The first-order valence-electron chi connectivity index (χ1n) is 4.83. The number of hydrogen-bond donors (Lipinski definition) is 1. The lowest BCUT2D eigenvalue weighted by Crippen LogP contribution is -2.05. The summed E-state index contributed by atoms with van der Waals surface area (Å²) >= 11 is 0. The maximum Gasteiger partial charge on any atom is 0.251 e. The predicted octanol–water partition coefficient (Wildman–Crippen LogP) is 2.22. The Labute approximate surface area is 95.5 Å². The average Bonchev–Trinajstić information content (AvgIpc) is 2.28. The van der Waals surface area contributed by atoms with E-state index in [4.69, 9.17) is 0 Å². The van der Waals surface area contributed by atoms with Crippen LogP contribution in [0.15, 0.2) is 35.3 Å². The normalized spacial score (nSPS) is 10.9. The van der Waals surface area contributed by atoms with Crippen LogP contribution in [0.3, 0.4) is 0 Å². The Hall–Kier alpha value is -2.30. The molecule has 1 heterocycles. The number of aromatic amines is 1. The molecule has 3 nitrogen and oxygen atoms in total. The van der Waals surface area contributed by atoms with Crippen molar-refractivity contribution in [2.75, 3.05) is 0 Å². The zero-order valence-electron chi connectivity index (χ0n) is 8.65. The molecule has 1 aromatic heterocycles. The number of H-pyrrole nitrogens is 1. The molecule has 86 valence electrons. The van der Waals surface area contributed by atoms with E-state index in [1.165, 1.54) is 30.5 Å². The van der Waals surface area contributed by atoms with Crippen LogP contribution in [0.1, 0.15) is 11.4 Å². The van der Waals surface area contributed by atoms with Crippen molar-refractivity contribution in [2.45, 2.75) is 0 Å². The summed E-state index contributed by atoms with van der Waals surface area (Å²) in [6.45, 7) is 0. The van der Waals surface area contributed by atoms with E-state index in [0.717, 1.165) is 12.1 Å². The first kappa shape index (κ1) is 11.2. The third kappa shape index (κ3) is 2.84. The van der Waals surface area contributed by atoms with Crippen molar-refractivity contribution in [3.8, 4) is 0 Å². The van der Waals surface area contributed by atoms with Gasteiger partial charge in [-0.25, -0.2) is 13.8 Å². The first-order chi connectivity index (χ1) is 8.15. The summed E-state index contributed by atoms with van der Waals surface area (Å²) in [5.74, 6) is -0.994. The van der Waals surface area contributed by atoms with Crippen LogP contribution in [-0.4, -0.2) is 9.97 Å². The minimum atomic E-state index is -0.667. The highest BCUT2D eigenvalue weighted by molar-refractivity contribution is 5.66. The zero-order chi connectivity index (χ0) is 12.3. The van der Waals surface area contributed by atoms with Gasteiger partial charge in [-0.2, -0.15) is 0 Å². The number of nitrogens with zero attached hydrogens (tertiary/aromatic N) is 1. The molecule has 0 aliphatic rings. The van der Waals surface area contributed by atoms with Gasteiger partial charge in [-0.05, 0) is 24.3 Å². The number of rotatable bonds is 2. The van der Waals surface area contributed by atoms with Crippen LogP contribution in [0.2, 0.25) is 0 Å². The van der Waals surface area contributed by atoms with Crippen molar-refractivity contribution in [2.24, 2.45) is 0 Å². The molecule has 0 bridgehead atoms. The number of benzene rings is 1. The predicted molar refractivity (Wildman–Crippen MR) is 60.1 cm³/mol. The zero-order valence-corrected chi connectivity index (χ0v) is 8.65. The van der Waals surface area contributed by atoms with Gasteiger partial charge in [0, 0.05) is 23.9 Å². The Morgan fingerprint density at radius 2 is 2.00 bits per heavy atom. The van der Waals surface area contributed by atoms with E-state index in [9.17, 15) is 13.6 Å². The maximum atomic E-state index is 13.2. The van der Waals surface area contributed by atoms with E-state index in [1.54, 1.807) is 0 Å². The van der Waals surface area contributed by atoms with Gasteiger partial charge in [0.1, 0.15) is 17.5 Å². The van der Waals surface area contributed by atoms with Gasteiger partial charge in [-0.3, -0.25) is 4.79 Å². The van der Waals surface area contributed by atoms with E-state index in [0.29, 0.717) is 5.82 Å². The van der Waals surface area contributed by atoms with Crippen molar-refractivity contribution in [1.29, 1.82) is 0 Å². The van der Waals surface area contributed by atoms with Gasteiger partial charge >= 0.3 is 0 Å². The van der Waals surface area contributed by atoms with Crippen LogP contribution < -0.4 is 5.56 Å². The largest absolute Gasteiger partial charge is 0.307 e. The van der Waals surface area contributed by atoms with Gasteiger partial charge in [0.05, 0.1) is 0 Å². The number of aromatic nitrogens is 2. The molecular weight excluding hydrogens is 226 g/mol. The lowest BCUT2D eigenvalue weighted by atomic mass is 10.2. The van der Waals surface area contributed by atoms with E-state index in [2.05, 4.69) is 9.97 Å². The van der Waals surface area contributed by atoms with Gasteiger partial charge in [0.2, 0.25) is 0 Å². The fourth-order valence-electron chi connectivity index (χ4n) is 1.28. The van der Waals surface area contributed by atoms with E-state index in [1.807, 2.05) is 0 Å². The van der Waals surface area contributed by atoms with Gasteiger partial charge in [0.15, 0.2) is 0 Å². The van der Waals surface area contributed by atoms with Crippen LogP contribution in [-0.2, 0) is 0 Å². The Morgan fingerprint density at radius 1 is 1.18 bits per heavy atom. The Balaban J connectivity index is 2.29. The minimum absolute atomic E-state index is 0.220. The summed E-state index contributed by atoms with van der Waals surface area (Å²) in [6, 6.07) is 4.53. The number of halogens is 2. The van der Waals surface area contributed by atoms with E-state index >= 15 is 0 Å². The molecule has 5 heteroatoms.